The Bertz CT molecular complexity index is 1010. The van der Waals surface area contributed by atoms with E-state index < -0.39 is 10.0 Å². The quantitative estimate of drug-likeness (QED) is 0.569. The van der Waals surface area contributed by atoms with Crippen LogP contribution >= 0.6 is 0 Å². The fraction of sp³-hybridized carbons (Fsp3) is 0.182. The van der Waals surface area contributed by atoms with E-state index in [1.165, 1.54) is 17.7 Å². The van der Waals surface area contributed by atoms with E-state index in [1.807, 2.05) is 43.3 Å². The molecule has 5 nitrogen and oxygen atoms in total. The number of nitrogens with one attached hydrogen (secondary N) is 1. The van der Waals surface area contributed by atoms with Crippen molar-refractivity contribution in [1.29, 1.82) is 0 Å². The van der Waals surface area contributed by atoms with Gasteiger partial charge in [-0.2, -0.15) is 0 Å². The van der Waals surface area contributed by atoms with Crippen LogP contribution in [0, 0.1) is 6.92 Å². The van der Waals surface area contributed by atoms with Crippen LogP contribution < -0.4 is 15.2 Å². The van der Waals surface area contributed by atoms with Gasteiger partial charge >= 0.3 is 0 Å². The van der Waals surface area contributed by atoms with Crippen LogP contribution in [-0.4, -0.2) is 15.0 Å². The van der Waals surface area contributed by atoms with Gasteiger partial charge in [0.15, 0.2) is 0 Å². The van der Waals surface area contributed by atoms with Gasteiger partial charge in [0.2, 0.25) is 10.0 Å². The van der Waals surface area contributed by atoms with Gasteiger partial charge in [0.1, 0.15) is 12.4 Å². The number of nitrogen functional groups attached to an aromatic ring is 1. The zero-order valence-electron chi connectivity index (χ0n) is 15.8. The molecule has 0 fully saturated rings. The van der Waals surface area contributed by atoms with Crippen LogP contribution in [0.15, 0.2) is 77.7 Å². The van der Waals surface area contributed by atoms with Gasteiger partial charge in [0.05, 0.1) is 4.90 Å². The number of sulfonamides is 1. The van der Waals surface area contributed by atoms with Gasteiger partial charge < -0.3 is 10.5 Å². The molecule has 0 radical (unpaired) electrons. The van der Waals surface area contributed by atoms with E-state index >= 15 is 0 Å². The zero-order chi connectivity index (χ0) is 20.0. The van der Waals surface area contributed by atoms with Crippen molar-refractivity contribution in [2.45, 2.75) is 24.8 Å². The summed E-state index contributed by atoms with van der Waals surface area (Å²) in [6.07, 6.45) is 0.526. The molecule has 28 heavy (non-hydrogen) atoms. The van der Waals surface area contributed by atoms with Crippen molar-refractivity contribution in [2.24, 2.45) is 0 Å². The monoisotopic (exact) mass is 396 g/mol. The Labute approximate surface area is 166 Å². The van der Waals surface area contributed by atoms with E-state index in [0.29, 0.717) is 18.7 Å². The molecule has 0 bridgehead atoms. The van der Waals surface area contributed by atoms with Gasteiger partial charge in [-0.3, -0.25) is 0 Å². The maximum atomic E-state index is 12.4. The number of rotatable bonds is 8. The van der Waals surface area contributed by atoms with Crippen LogP contribution in [0.4, 0.5) is 5.69 Å². The molecular formula is C22H24N2O3S. The number of nitrogens with two attached hydrogens (primary N) is 1. The molecule has 0 aliphatic rings. The maximum absolute atomic E-state index is 12.4. The van der Waals surface area contributed by atoms with Crippen LogP contribution in [0.1, 0.15) is 16.7 Å². The van der Waals surface area contributed by atoms with Crippen LogP contribution in [0.5, 0.6) is 5.75 Å². The van der Waals surface area contributed by atoms with Gasteiger partial charge in [0, 0.05) is 12.2 Å². The molecule has 0 aromatic heterocycles. The molecule has 0 amide bonds. The highest BCUT2D eigenvalue weighted by Gasteiger charge is 2.13. The standard InChI is InChI=1S/C22H24N2O3S/c1-17-6-8-18(9-7-17)16-27-22-5-3-2-4-19(22)14-15-24-28(25,26)21-12-10-20(23)11-13-21/h2-13,24H,14-16,23H2,1H3. The summed E-state index contributed by atoms with van der Waals surface area (Å²) in [5.41, 5.74) is 9.38. The lowest BCUT2D eigenvalue weighted by molar-refractivity contribution is 0.303. The molecule has 6 heteroatoms. The molecule has 146 valence electrons. The number of aryl methyl sites for hydroxylation is 1. The minimum Gasteiger partial charge on any atom is -0.489 e. The lowest BCUT2D eigenvalue weighted by atomic mass is 10.1. The van der Waals surface area contributed by atoms with Crippen molar-refractivity contribution < 1.29 is 13.2 Å². The molecule has 3 N–H and O–H groups in total. The Hall–Kier alpha value is -2.83. The average molecular weight is 397 g/mol. The van der Waals surface area contributed by atoms with Gasteiger partial charge in [-0.15, -0.1) is 0 Å². The predicted molar refractivity (Wildman–Crippen MR) is 112 cm³/mol. The van der Waals surface area contributed by atoms with Crippen molar-refractivity contribution in [2.75, 3.05) is 12.3 Å². The number of hydrogen-bond acceptors (Lipinski definition) is 4. The summed E-state index contributed by atoms with van der Waals surface area (Å²) < 4.78 is 33.3. The fourth-order valence-electron chi connectivity index (χ4n) is 2.75. The first kappa shape index (κ1) is 19.9. The highest BCUT2D eigenvalue weighted by Crippen LogP contribution is 2.20. The van der Waals surface area contributed by atoms with Crippen molar-refractivity contribution in [3.63, 3.8) is 0 Å². The molecule has 3 rings (SSSR count). The predicted octanol–water partition coefficient (Wildman–Crippen LogP) is 3.68. The van der Waals surface area contributed by atoms with Crippen molar-refractivity contribution in [3.05, 3.63) is 89.5 Å². The van der Waals surface area contributed by atoms with Gasteiger partial charge in [-0.25, -0.2) is 13.1 Å². The average Bonchev–Trinajstić information content (AvgIpc) is 2.69. The number of ether oxygens (including phenoxy) is 1. The summed E-state index contributed by atoms with van der Waals surface area (Å²) >= 11 is 0. The Morgan fingerprint density at radius 3 is 2.32 bits per heavy atom. The van der Waals surface area contributed by atoms with E-state index in [9.17, 15) is 8.42 Å². The minimum atomic E-state index is -3.57. The van der Waals surface area contributed by atoms with Gasteiger partial charge in [0.25, 0.3) is 0 Å². The van der Waals surface area contributed by atoms with E-state index in [0.717, 1.165) is 16.9 Å². The molecule has 0 atom stereocenters. The van der Waals surface area contributed by atoms with Crippen LogP contribution in [0.25, 0.3) is 0 Å². The molecule has 0 heterocycles. The van der Waals surface area contributed by atoms with E-state index in [1.54, 1.807) is 12.1 Å². The number of para-hydroxylation sites is 1. The summed E-state index contributed by atoms with van der Waals surface area (Å²) in [7, 11) is -3.57. The first-order chi connectivity index (χ1) is 13.4. The SMILES string of the molecule is Cc1ccc(COc2ccccc2CCNS(=O)(=O)c2ccc(N)cc2)cc1. The molecule has 3 aromatic rings. The second-order valence-electron chi connectivity index (χ2n) is 6.60. The summed E-state index contributed by atoms with van der Waals surface area (Å²) in [4.78, 5) is 0.200. The number of hydrogen-bond donors (Lipinski definition) is 2. The van der Waals surface area contributed by atoms with Crippen molar-refractivity contribution in [3.8, 4) is 5.75 Å². The lowest BCUT2D eigenvalue weighted by Crippen LogP contribution is -2.26. The van der Waals surface area contributed by atoms with Crippen molar-refractivity contribution in [1.82, 2.24) is 4.72 Å². The molecule has 0 aliphatic carbocycles. The topological polar surface area (TPSA) is 81.4 Å². The minimum absolute atomic E-state index is 0.200. The zero-order valence-corrected chi connectivity index (χ0v) is 16.6. The molecule has 3 aromatic carbocycles. The smallest absolute Gasteiger partial charge is 0.240 e. The van der Waals surface area contributed by atoms with E-state index in [2.05, 4.69) is 16.9 Å². The van der Waals surface area contributed by atoms with E-state index in [4.69, 9.17) is 10.5 Å². The number of anilines is 1. The normalized spacial score (nSPS) is 11.3. The Balaban J connectivity index is 1.60. The number of benzene rings is 3. The molecule has 0 saturated carbocycles. The maximum Gasteiger partial charge on any atom is 0.240 e. The summed E-state index contributed by atoms with van der Waals surface area (Å²) in [6.45, 7) is 2.79. The van der Waals surface area contributed by atoms with Gasteiger partial charge in [-0.05, 0) is 54.8 Å². The molecule has 0 aliphatic heterocycles. The Morgan fingerprint density at radius 2 is 1.61 bits per heavy atom. The fourth-order valence-corrected chi connectivity index (χ4v) is 3.78. The van der Waals surface area contributed by atoms with Crippen molar-refractivity contribution >= 4 is 15.7 Å². The lowest BCUT2D eigenvalue weighted by Gasteiger charge is -2.12. The molecule has 0 unspecified atom stereocenters. The van der Waals surface area contributed by atoms with Crippen LogP contribution in [-0.2, 0) is 23.1 Å². The van der Waals surface area contributed by atoms with Gasteiger partial charge in [-0.1, -0.05) is 48.0 Å². The largest absolute Gasteiger partial charge is 0.489 e. The first-order valence-electron chi connectivity index (χ1n) is 9.05. The first-order valence-corrected chi connectivity index (χ1v) is 10.5. The molecule has 0 saturated heterocycles. The molecule has 0 spiro atoms. The highest BCUT2D eigenvalue weighted by molar-refractivity contribution is 7.89. The third kappa shape index (κ3) is 5.34. The second kappa shape index (κ2) is 8.91. The Morgan fingerprint density at radius 1 is 0.929 bits per heavy atom. The van der Waals surface area contributed by atoms with Crippen LogP contribution in [0.3, 0.4) is 0 Å². The second-order valence-corrected chi connectivity index (χ2v) is 8.37. The summed E-state index contributed by atoms with van der Waals surface area (Å²) in [5, 5.41) is 0. The summed E-state index contributed by atoms with van der Waals surface area (Å²) in [5.74, 6) is 0.759. The third-order valence-corrected chi connectivity index (χ3v) is 5.84. The molecular weight excluding hydrogens is 372 g/mol. The Kier molecular flexibility index (Phi) is 6.34. The highest BCUT2D eigenvalue weighted by atomic mass is 32.2. The summed E-state index contributed by atoms with van der Waals surface area (Å²) in [6, 6.07) is 22.0. The van der Waals surface area contributed by atoms with Crippen LogP contribution in [0.2, 0.25) is 0 Å². The third-order valence-electron chi connectivity index (χ3n) is 4.36. The van der Waals surface area contributed by atoms with E-state index in [-0.39, 0.29) is 11.4 Å².